The fraction of sp³-hybridized carbons (Fsp3) is 0.350. The molecule has 2 aromatic rings. The molecule has 142 valence electrons. The number of piperidine rings is 1. The number of halogens is 1. The summed E-state index contributed by atoms with van der Waals surface area (Å²) < 4.78 is 0. The molecule has 6 nitrogen and oxygen atoms in total. The number of carbonyl (C=O) groups excluding carboxylic acids is 2. The van der Waals surface area contributed by atoms with E-state index in [0.717, 1.165) is 38.2 Å². The second kappa shape index (κ2) is 9.48. The largest absolute Gasteiger partial charge is 0.348 e. The lowest BCUT2D eigenvalue weighted by molar-refractivity contribution is -0.136. The molecule has 27 heavy (non-hydrogen) atoms. The van der Waals surface area contributed by atoms with Crippen molar-refractivity contribution >= 4 is 29.1 Å². The predicted octanol–water partition coefficient (Wildman–Crippen LogP) is 2.70. The summed E-state index contributed by atoms with van der Waals surface area (Å²) >= 11 is 5.87. The van der Waals surface area contributed by atoms with Gasteiger partial charge in [-0.2, -0.15) is 0 Å². The number of aromatic nitrogens is 1. The van der Waals surface area contributed by atoms with Crippen molar-refractivity contribution in [2.75, 3.05) is 25.0 Å². The fourth-order valence-electron chi connectivity index (χ4n) is 3.14. The zero-order valence-corrected chi connectivity index (χ0v) is 15.8. The molecule has 1 aromatic carbocycles. The van der Waals surface area contributed by atoms with Gasteiger partial charge in [0.2, 0.25) is 0 Å². The van der Waals surface area contributed by atoms with Gasteiger partial charge < -0.3 is 10.6 Å². The van der Waals surface area contributed by atoms with Gasteiger partial charge in [0, 0.05) is 30.0 Å². The van der Waals surface area contributed by atoms with Crippen LogP contribution in [-0.2, 0) is 16.1 Å². The first-order valence-corrected chi connectivity index (χ1v) is 9.45. The van der Waals surface area contributed by atoms with Crippen LogP contribution in [0.25, 0.3) is 0 Å². The Bertz CT molecular complexity index is 777. The second-order valence-corrected chi connectivity index (χ2v) is 7.15. The van der Waals surface area contributed by atoms with E-state index in [-0.39, 0.29) is 0 Å². The fourth-order valence-corrected chi connectivity index (χ4v) is 3.33. The number of nitrogens with zero attached hydrogens (tertiary/aromatic N) is 2. The van der Waals surface area contributed by atoms with Crippen LogP contribution in [0.5, 0.6) is 0 Å². The van der Waals surface area contributed by atoms with E-state index in [1.54, 1.807) is 24.3 Å². The SMILES string of the molecule is O=C(NCC1CCN(Cc2ccccn2)CC1)C(=O)Nc1cccc(Cl)c1. The highest BCUT2D eigenvalue weighted by Crippen LogP contribution is 2.18. The second-order valence-electron chi connectivity index (χ2n) is 6.72. The Hall–Kier alpha value is -2.44. The van der Waals surface area contributed by atoms with Gasteiger partial charge in [0.05, 0.1) is 5.69 Å². The number of nitrogens with one attached hydrogen (secondary N) is 2. The van der Waals surface area contributed by atoms with E-state index in [4.69, 9.17) is 11.6 Å². The highest BCUT2D eigenvalue weighted by Gasteiger charge is 2.21. The van der Waals surface area contributed by atoms with Crippen LogP contribution in [0.1, 0.15) is 18.5 Å². The Morgan fingerprint density at radius 1 is 1.11 bits per heavy atom. The van der Waals surface area contributed by atoms with Crippen LogP contribution < -0.4 is 10.6 Å². The summed E-state index contributed by atoms with van der Waals surface area (Å²) in [5, 5.41) is 5.80. The predicted molar refractivity (Wildman–Crippen MR) is 105 cm³/mol. The van der Waals surface area contributed by atoms with Crippen LogP contribution in [0.15, 0.2) is 48.7 Å². The van der Waals surface area contributed by atoms with Gasteiger partial charge in [-0.25, -0.2) is 0 Å². The quantitative estimate of drug-likeness (QED) is 0.775. The molecule has 0 unspecified atom stereocenters. The molecule has 2 heterocycles. The van der Waals surface area contributed by atoms with E-state index in [9.17, 15) is 9.59 Å². The van der Waals surface area contributed by atoms with Crippen LogP contribution in [-0.4, -0.2) is 41.3 Å². The summed E-state index contributed by atoms with van der Waals surface area (Å²) in [6.45, 7) is 3.29. The van der Waals surface area contributed by atoms with Crippen molar-refractivity contribution in [1.82, 2.24) is 15.2 Å². The molecule has 0 spiro atoms. The Morgan fingerprint density at radius 2 is 1.93 bits per heavy atom. The van der Waals surface area contributed by atoms with E-state index in [1.807, 2.05) is 24.4 Å². The number of amides is 2. The smallest absolute Gasteiger partial charge is 0.313 e. The van der Waals surface area contributed by atoms with E-state index in [1.165, 1.54) is 0 Å². The van der Waals surface area contributed by atoms with Crippen LogP contribution in [0, 0.1) is 5.92 Å². The third-order valence-electron chi connectivity index (χ3n) is 4.66. The van der Waals surface area contributed by atoms with Crippen LogP contribution >= 0.6 is 11.6 Å². The van der Waals surface area contributed by atoms with Crippen LogP contribution in [0.2, 0.25) is 5.02 Å². The first-order chi connectivity index (χ1) is 13.1. The molecule has 3 rings (SSSR count). The summed E-state index contributed by atoms with van der Waals surface area (Å²) in [6.07, 6.45) is 3.79. The van der Waals surface area contributed by atoms with E-state index in [0.29, 0.717) is 23.2 Å². The third kappa shape index (κ3) is 6.05. The first kappa shape index (κ1) is 19.3. The van der Waals surface area contributed by atoms with Crippen molar-refractivity contribution in [3.05, 3.63) is 59.4 Å². The van der Waals surface area contributed by atoms with Gasteiger partial charge in [0.25, 0.3) is 0 Å². The van der Waals surface area contributed by atoms with Gasteiger partial charge in [0.1, 0.15) is 0 Å². The molecule has 2 N–H and O–H groups in total. The van der Waals surface area contributed by atoms with Crippen molar-refractivity contribution in [3.8, 4) is 0 Å². The van der Waals surface area contributed by atoms with Gasteiger partial charge in [-0.15, -0.1) is 0 Å². The molecule has 1 aliphatic rings. The molecule has 0 aliphatic carbocycles. The summed E-state index contributed by atoms with van der Waals surface area (Å²) in [4.78, 5) is 30.7. The number of hydrogen-bond acceptors (Lipinski definition) is 4. The summed E-state index contributed by atoms with van der Waals surface area (Å²) in [6, 6.07) is 12.7. The van der Waals surface area contributed by atoms with Crippen molar-refractivity contribution in [2.24, 2.45) is 5.92 Å². The maximum absolute atomic E-state index is 12.0. The zero-order chi connectivity index (χ0) is 19.1. The Kier molecular flexibility index (Phi) is 6.79. The average Bonchev–Trinajstić information content (AvgIpc) is 2.68. The highest BCUT2D eigenvalue weighted by atomic mass is 35.5. The molecule has 1 saturated heterocycles. The van der Waals surface area contributed by atoms with E-state index in [2.05, 4.69) is 20.5 Å². The maximum Gasteiger partial charge on any atom is 0.313 e. The minimum atomic E-state index is -0.676. The number of benzene rings is 1. The molecule has 0 radical (unpaired) electrons. The Labute approximate surface area is 163 Å². The van der Waals surface area contributed by atoms with Crippen molar-refractivity contribution in [2.45, 2.75) is 19.4 Å². The standard InChI is InChI=1S/C20H23ClN4O2/c21-16-4-3-6-17(12-16)24-20(27)19(26)23-13-15-7-10-25(11-8-15)14-18-5-1-2-9-22-18/h1-6,9,12,15H,7-8,10-11,13-14H2,(H,23,26)(H,24,27). The van der Waals surface area contributed by atoms with Crippen molar-refractivity contribution in [1.29, 1.82) is 0 Å². The monoisotopic (exact) mass is 386 g/mol. The summed E-state index contributed by atoms with van der Waals surface area (Å²) in [5.74, 6) is -0.913. The van der Waals surface area contributed by atoms with Crippen LogP contribution in [0.3, 0.4) is 0 Å². The molecule has 2 amide bonds. The van der Waals surface area contributed by atoms with Gasteiger partial charge >= 0.3 is 11.8 Å². The van der Waals surface area contributed by atoms with Gasteiger partial charge in [0.15, 0.2) is 0 Å². The normalized spacial score (nSPS) is 15.3. The Morgan fingerprint density at radius 3 is 2.63 bits per heavy atom. The molecule has 0 atom stereocenters. The van der Waals surface area contributed by atoms with Gasteiger partial charge in [-0.05, 0) is 62.2 Å². The number of carbonyl (C=O) groups is 2. The Balaban J connectivity index is 1.38. The van der Waals surface area contributed by atoms with Gasteiger partial charge in [-0.3, -0.25) is 19.5 Å². The van der Waals surface area contributed by atoms with Gasteiger partial charge in [-0.1, -0.05) is 23.7 Å². The topological polar surface area (TPSA) is 74.3 Å². The third-order valence-corrected chi connectivity index (χ3v) is 4.89. The highest BCUT2D eigenvalue weighted by molar-refractivity contribution is 6.39. The average molecular weight is 387 g/mol. The van der Waals surface area contributed by atoms with Crippen molar-refractivity contribution < 1.29 is 9.59 Å². The minimum Gasteiger partial charge on any atom is -0.348 e. The summed E-state index contributed by atoms with van der Waals surface area (Å²) in [7, 11) is 0. The molecule has 7 heteroatoms. The molecular weight excluding hydrogens is 364 g/mol. The maximum atomic E-state index is 12.0. The molecule has 0 saturated carbocycles. The van der Waals surface area contributed by atoms with Crippen molar-refractivity contribution in [3.63, 3.8) is 0 Å². The number of anilines is 1. The lowest BCUT2D eigenvalue weighted by Crippen LogP contribution is -2.41. The van der Waals surface area contributed by atoms with E-state index < -0.39 is 11.8 Å². The van der Waals surface area contributed by atoms with Crippen LogP contribution in [0.4, 0.5) is 5.69 Å². The lowest BCUT2D eigenvalue weighted by atomic mass is 9.96. The van der Waals surface area contributed by atoms with E-state index >= 15 is 0 Å². The number of likely N-dealkylation sites (tertiary alicyclic amines) is 1. The minimum absolute atomic E-state index is 0.382. The first-order valence-electron chi connectivity index (χ1n) is 9.07. The molecule has 1 fully saturated rings. The summed E-state index contributed by atoms with van der Waals surface area (Å²) in [5.41, 5.74) is 1.58. The molecule has 0 bridgehead atoms. The zero-order valence-electron chi connectivity index (χ0n) is 15.0. The number of hydrogen-bond donors (Lipinski definition) is 2. The number of rotatable bonds is 5. The molecule has 1 aliphatic heterocycles. The lowest BCUT2D eigenvalue weighted by Gasteiger charge is -2.31. The number of pyridine rings is 1. The molecular formula is C20H23ClN4O2. The molecule has 1 aromatic heterocycles.